The molecule has 0 amide bonds. The van der Waals surface area contributed by atoms with Crippen molar-refractivity contribution in [2.24, 2.45) is 0 Å². The van der Waals surface area contributed by atoms with E-state index in [1.54, 1.807) is 6.08 Å². The molecule has 2 aliphatic heterocycles. The van der Waals surface area contributed by atoms with Gasteiger partial charge in [0.05, 0.1) is 18.9 Å². The van der Waals surface area contributed by atoms with Crippen LogP contribution in [-0.4, -0.2) is 55.1 Å². The van der Waals surface area contributed by atoms with Crippen molar-refractivity contribution >= 4 is 17.5 Å². The van der Waals surface area contributed by atoms with Crippen molar-refractivity contribution < 1.29 is 19.0 Å². The van der Waals surface area contributed by atoms with E-state index >= 15 is 0 Å². The molecule has 3 aromatic carbocycles. The van der Waals surface area contributed by atoms with Crippen molar-refractivity contribution in [3.8, 4) is 28.4 Å². The van der Waals surface area contributed by atoms with Crippen molar-refractivity contribution in [3.63, 3.8) is 0 Å². The maximum atomic E-state index is 13.0. The van der Waals surface area contributed by atoms with Crippen LogP contribution >= 0.6 is 0 Å². The first-order valence-corrected chi connectivity index (χ1v) is 12.4. The van der Waals surface area contributed by atoms with Gasteiger partial charge in [-0.2, -0.15) is 5.10 Å². The van der Waals surface area contributed by atoms with E-state index in [1.807, 2.05) is 89.8 Å². The summed E-state index contributed by atoms with van der Waals surface area (Å²) in [4.78, 5) is 15.3. The molecule has 7 nitrogen and oxygen atoms in total. The topological polar surface area (TPSA) is 65.8 Å². The van der Waals surface area contributed by atoms with Gasteiger partial charge in [0.2, 0.25) is 0 Å². The second kappa shape index (κ2) is 10.3. The average Bonchev–Trinajstić information content (AvgIpc) is 3.41. The molecule has 0 aliphatic carbocycles. The van der Waals surface area contributed by atoms with Gasteiger partial charge in [-0.1, -0.05) is 18.2 Å². The minimum atomic E-state index is -0.0610. The van der Waals surface area contributed by atoms with E-state index in [2.05, 4.69) is 4.90 Å². The van der Waals surface area contributed by atoms with Gasteiger partial charge in [0.1, 0.15) is 18.9 Å². The van der Waals surface area contributed by atoms with Gasteiger partial charge in [-0.15, -0.1) is 0 Å². The molecule has 1 aromatic heterocycles. The molecule has 37 heavy (non-hydrogen) atoms. The number of morpholine rings is 1. The molecule has 0 atom stereocenters. The number of benzene rings is 3. The molecule has 2 aliphatic rings. The largest absolute Gasteiger partial charge is 0.486 e. The van der Waals surface area contributed by atoms with Crippen LogP contribution in [0.2, 0.25) is 0 Å². The Hall–Kier alpha value is -4.36. The number of para-hydroxylation sites is 1. The van der Waals surface area contributed by atoms with Crippen molar-refractivity contribution in [2.45, 2.75) is 0 Å². The van der Waals surface area contributed by atoms with E-state index in [1.165, 1.54) is 0 Å². The van der Waals surface area contributed by atoms with Gasteiger partial charge >= 0.3 is 0 Å². The molecule has 0 unspecified atom stereocenters. The molecule has 1 saturated heterocycles. The van der Waals surface area contributed by atoms with E-state index in [4.69, 9.17) is 19.3 Å². The normalized spacial score (nSPS) is 15.2. The Labute approximate surface area is 215 Å². The van der Waals surface area contributed by atoms with Crippen LogP contribution in [0.5, 0.6) is 11.5 Å². The second-order valence-electron chi connectivity index (χ2n) is 8.92. The molecule has 3 heterocycles. The first-order chi connectivity index (χ1) is 18.2. The number of anilines is 1. The van der Waals surface area contributed by atoms with Crippen LogP contribution in [0, 0.1) is 0 Å². The molecule has 4 aromatic rings. The number of allylic oxidation sites excluding steroid dienone is 1. The van der Waals surface area contributed by atoms with Gasteiger partial charge < -0.3 is 19.1 Å². The van der Waals surface area contributed by atoms with Crippen LogP contribution in [0.25, 0.3) is 23.0 Å². The van der Waals surface area contributed by atoms with Gasteiger partial charge in [-0.25, -0.2) is 4.68 Å². The van der Waals surface area contributed by atoms with Gasteiger partial charge in [-0.3, -0.25) is 4.79 Å². The molecule has 0 bridgehead atoms. The maximum Gasteiger partial charge on any atom is 0.185 e. The number of carbonyl (C=O) groups is 1. The Morgan fingerprint density at radius 3 is 2.35 bits per heavy atom. The number of aromatic nitrogens is 2. The minimum absolute atomic E-state index is 0.0610. The number of ketones is 1. The zero-order valence-electron chi connectivity index (χ0n) is 20.4. The van der Waals surface area contributed by atoms with Crippen LogP contribution in [-0.2, 0) is 4.74 Å². The van der Waals surface area contributed by atoms with Gasteiger partial charge in [0.15, 0.2) is 17.3 Å². The lowest BCUT2D eigenvalue weighted by Crippen LogP contribution is -2.36. The molecular formula is C30H27N3O4. The van der Waals surface area contributed by atoms with E-state index < -0.39 is 0 Å². The Bertz CT molecular complexity index is 1420. The van der Waals surface area contributed by atoms with E-state index in [9.17, 15) is 4.79 Å². The average molecular weight is 494 g/mol. The van der Waals surface area contributed by atoms with Crippen LogP contribution in [0.15, 0.2) is 85.1 Å². The zero-order valence-corrected chi connectivity index (χ0v) is 20.4. The van der Waals surface area contributed by atoms with Crippen LogP contribution in [0.3, 0.4) is 0 Å². The summed E-state index contributed by atoms with van der Waals surface area (Å²) in [6, 6.07) is 23.5. The molecule has 1 fully saturated rings. The molecule has 186 valence electrons. The standard InChI is InChI=1S/C30H27N3O4/c34-27(22-6-10-25(11-7-22)32-14-16-35-17-15-32)12-8-24-21-33(26-4-2-1-3-5-26)31-30(24)23-9-13-28-29(20-23)37-19-18-36-28/h1-13,20-21H,14-19H2. The summed E-state index contributed by atoms with van der Waals surface area (Å²) < 4.78 is 18.7. The van der Waals surface area contributed by atoms with Gasteiger partial charge in [0, 0.05) is 41.7 Å². The third kappa shape index (κ3) is 4.99. The summed E-state index contributed by atoms with van der Waals surface area (Å²) in [5, 5.41) is 4.86. The third-order valence-corrected chi connectivity index (χ3v) is 6.52. The molecule has 0 N–H and O–H groups in total. The number of nitrogens with zero attached hydrogens (tertiary/aromatic N) is 3. The molecular weight excluding hydrogens is 466 g/mol. The summed E-state index contributed by atoms with van der Waals surface area (Å²) in [5.41, 5.74) is 5.16. The molecule has 0 spiro atoms. The van der Waals surface area contributed by atoms with E-state index in [0.717, 1.165) is 60.2 Å². The van der Waals surface area contributed by atoms with Crippen molar-refractivity contribution in [2.75, 3.05) is 44.4 Å². The molecule has 6 rings (SSSR count). The molecule has 0 radical (unpaired) electrons. The highest BCUT2D eigenvalue weighted by atomic mass is 16.6. The van der Waals surface area contributed by atoms with E-state index in [0.29, 0.717) is 24.5 Å². The van der Waals surface area contributed by atoms with Crippen molar-refractivity contribution in [1.82, 2.24) is 9.78 Å². The fourth-order valence-corrected chi connectivity index (χ4v) is 4.56. The molecule has 0 saturated carbocycles. The Morgan fingerprint density at radius 2 is 1.57 bits per heavy atom. The smallest absolute Gasteiger partial charge is 0.185 e. The maximum absolute atomic E-state index is 13.0. The number of carbonyl (C=O) groups excluding carboxylic acids is 1. The first kappa shape index (κ1) is 23.1. The zero-order chi connectivity index (χ0) is 25.0. The predicted molar refractivity (Wildman–Crippen MR) is 143 cm³/mol. The highest BCUT2D eigenvalue weighted by Gasteiger charge is 2.17. The first-order valence-electron chi connectivity index (χ1n) is 12.4. The number of rotatable bonds is 6. The lowest BCUT2D eigenvalue weighted by Gasteiger charge is -2.28. The fourth-order valence-electron chi connectivity index (χ4n) is 4.56. The van der Waals surface area contributed by atoms with Crippen molar-refractivity contribution in [3.05, 3.63) is 96.2 Å². The van der Waals surface area contributed by atoms with Crippen molar-refractivity contribution in [1.29, 1.82) is 0 Å². The van der Waals surface area contributed by atoms with Crippen LogP contribution in [0.1, 0.15) is 15.9 Å². The highest BCUT2D eigenvalue weighted by molar-refractivity contribution is 6.07. The summed E-state index contributed by atoms with van der Waals surface area (Å²) in [5.74, 6) is 1.36. The van der Waals surface area contributed by atoms with Crippen LogP contribution in [0.4, 0.5) is 5.69 Å². The summed E-state index contributed by atoms with van der Waals surface area (Å²) >= 11 is 0. The number of hydrogen-bond donors (Lipinski definition) is 0. The fraction of sp³-hybridized carbons (Fsp3) is 0.200. The summed E-state index contributed by atoms with van der Waals surface area (Å²) in [6.07, 6.45) is 5.38. The van der Waals surface area contributed by atoms with Gasteiger partial charge in [0.25, 0.3) is 0 Å². The Kier molecular flexibility index (Phi) is 6.44. The quantitative estimate of drug-likeness (QED) is 0.277. The highest BCUT2D eigenvalue weighted by Crippen LogP contribution is 2.35. The Morgan fingerprint density at radius 1 is 0.811 bits per heavy atom. The van der Waals surface area contributed by atoms with E-state index in [-0.39, 0.29) is 5.78 Å². The summed E-state index contributed by atoms with van der Waals surface area (Å²) in [6.45, 7) is 4.24. The van der Waals surface area contributed by atoms with Crippen LogP contribution < -0.4 is 14.4 Å². The van der Waals surface area contributed by atoms with Gasteiger partial charge in [-0.05, 0) is 66.7 Å². The lowest BCUT2D eigenvalue weighted by molar-refractivity contribution is 0.104. The lowest BCUT2D eigenvalue weighted by atomic mass is 10.0. The second-order valence-corrected chi connectivity index (χ2v) is 8.92. The Balaban J connectivity index is 1.29. The number of fused-ring (bicyclic) bond motifs is 1. The predicted octanol–water partition coefficient (Wildman–Crippen LogP) is 5.04. The monoisotopic (exact) mass is 493 g/mol. The molecule has 7 heteroatoms. The number of ether oxygens (including phenoxy) is 3. The number of hydrogen-bond acceptors (Lipinski definition) is 6. The SMILES string of the molecule is O=C(C=Cc1cn(-c2ccccc2)nc1-c1ccc2c(c1)OCCO2)c1ccc(N2CCOCC2)cc1. The third-order valence-electron chi connectivity index (χ3n) is 6.52. The summed E-state index contributed by atoms with van der Waals surface area (Å²) in [7, 11) is 0. The minimum Gasteiger partial charge on any atom is -0.486 e.